The summed E-state index contributed by atoms with van der Waals surface area (Å²) in [6.45, 7) is 11.1. The molecule has 0 unspecified atom stereocenters. The van der Waals surface area contributed by atoms with E-state index < -0.39 is 12.0 Å². The van der Waals surface area contributed by atoms with Crippen LogP contribution in [0, 0.1) is 18.3 Å². The number of esters is 1. The molecule has 162 valence electrons. The van der Waals surface area contributed by atoms with Crippen LogP contribution in [0.5, 0.6) is 0 Å². The quantitative estimate of drug-likeness (QED) is 0.503. The minimum atomic E-state index is -0.753. The van der Waals surface area contributed by atoms with Gasteiger partial charge in [-0.15, -0.1) is 22.7 Å². The Bertz CT molecular complexity index is 1180. The molecule has 1 N–H and O–H groups in total. The lowest BCUT2D eigenvalue weighted by atomic mass is 9.99. The van der Waals surface area contributed by atoms with Crippen molar-refractivity contribution in [2.45, 2.75) is 59.6 Å². The number of hydrogen-bond donors (Lipinski definition) is 1. The largest absolute Gasteiger partial charge is 0.461 e. The van der Waals surface area contributed by atoms with E-state index >= 15 is 0 Å². The van der Waals surface area contributed by atoms with Crippen molar-refractivity contribution in [2.24, 2.45) is 0 Å². The fraction of sp³-hybridized carbons (Fsp3) is 0.391. The predicted octanol–water partition coefficient (Wildman–Crippen LogP) is 5.40. The number of fused-ring (bicyclic) bond motifs is 1. The molecule has 1 amide bonds. The van der Waals surface area contributed by atoms with E-state index in [0.717, 1.165) is 25.5 Å². The minimum Gasteiger partial charge on any atom is -0.461 e. The third-order valence-corrected chi connectivity index (χ3v) is 7.20. The molecule has 0 saturated heterocycles. The number of hydrogen-bond acceptors (Lipinski definition) is 7. The monoisotopic (exact) mass is 455 g/mol. The first-order valence-electron chi connectivity index (χ1n) is 10.1. The molecule has 3 rings (SSSR count). The van der Waals surface area contributed by atoms with E-state index in [2.05, 4.69) is 36.3 Å². The van der Waals surface area contributed by atoms with Crippen LogP contribution in [0.25, 0.3) is 20.0 Å². The SMILES string of the molecule is Cc1nc(-c2cc3cc(C(C)C)cc(C#N)c3s2)sc1C(=O)N[C@@H](C)C(=O)OC(C)C. The molecule has 1 atom stereocenters. The number of rotatable bonds is 6. The molecule has 0 aliphatic carbocycles. The zero-order chi connectivity index (χ0) is 22.9. The van der Waals surface area contributed by atoms with Gasteiger partial charge in [0, 0.05) is 0 Å². The van der Waals surface area contributed by atoms with E-state index in [1.807, 2.05) is 12.1 Å². The normalized spacial score (nSPS) is 12.2. The van der Waals surface area contributed by atoms with Gasteiger partial charge in [0.15, 0.2) is 0 Å². The van der Waals surface area contributed by atoms with Gasteiger partial charge in [0.1, 0.15) is 22.0 Å². The zero-order valence-corrected chi connectivity index (χ0v) is 20.0. The fourth-order valence-electron chi connectivity index (χ4n) is 3.07. The second kappa shape index (κ2) is 9.16. The Morgan fingerprint density at radius 2 is 1.84 bits per heavy atom. The maximum Gasteiger partial charge on any atom is 0.328 e. The molecule has 0 aliphatic rings. The molecule has 0 spiro atoms. The van der Waals surface area contributed by atoms with E-state index in [4.69, 9.17) is 4.74 Å². The molecule has 0 radical (unpaired) electrons. The third kappa shape index (κ3) is 4.94. The first kappa shape index (κ1) is 22.9. The summed E-state index contributed by atoms with van der Waals surface area (Å²) >= 11 is 2.78. The second-order valence-corrected chi connectivity index (χ2v) is 10.0. The highest BCUT2D eigenvalue weighted by Crippen LogP contribution is 2.39. The van der Waals surface area contributed by atoms with Crippen molar-refractivity contribution in [3.63, 3.8) is 0 Å². The van der Waals surface area contributed by atoms with Crippen LogP contribution >= 0.6 is 22.7 Å². The van der Waals surface area contributed by atoms with Gasteiger partial charge in [-0.3, -0.25) is 4.79 Å². The Balaban J connectivity index is 1.90. The summed E-state index contributed by atoms with van der Waals surface area (Å²) in [6, 6.07) is 7.62. The van der Waals surface area contributed by atoms with Crippen LogP contribution in [0.1, 0.15) is 67.0 Å². The minimum absolute atomic E-state index is 0.244. The van der Waals surface area contributed by atoms with Crippen molar-refractivity contribution in [2.75, 3.05) is 0 Å². The maximum absolute atomic E-state index is 12.7. The van der Waals surface area contributed by atoms with Crippen LogP contribution in [0.3, 0.4) is 0 Å². The summed E-state index contributed by atoms with van der Waals surface area (Å²) in [6.07, 6.45) is -0.244. The first-order chi connectivity index (χ1) is 14.6. The number of nitriles is 1. The number of thiophene rings is 1. The predicted molar refractivity (Wildman–Crippen MR) is 125 cm³/mol. The fourth-order valence-corrected chi connectivity index (χ4v) is 5.19. The van der Waals surface area contributed by atoms with Gasteiger partial charge in [0.05, 0.1) is 26.9 Å². The van der Waals surface area contributed by atoms with Gasteiger partial charge in [-0.2, -0.15) is 5.26 Å². The van der Waals surface area contributed by atoms with Gasteiger partial charge in [-0.1, -0.05) is 13.8 Å². The highest BCUT2D eigenvalue weighted by Gasteiger charge is 2.23. The van der Waals surface area contributed by atoms with Gasteiger partial charge >= 0.3 is 5.97 Å². The third-order valence-electron chi connectivity index (χ3n) is 4.69. The zero-order valence-electron chi connectivity index (χ0n) is 18.4. The van der Waals surface area contributed by atoms with Crippen LogP contribution in [0.2, 0.25) is 0 Å². The van der Waals surface area contributed by atoms with E-state index in [1.54, 1.807) is 27.7 Å². The van der Waals surface area contributed by atoms with Crippen LogP contribution in [0.4, 0.5) is 0 Å². The molecular formula is C23H25N3O3S2. The number of aromatic nitrogens is 1. The summed E-state index contributed by atoms with van der Waals surface area (Å²) in [5.74, 6) is -0.503. The maximum atomic E-state index is 12.7. The molecule has 0 saturated carbocycles. The summed E-state index contributed by atoms with van der Waals surface area (Å²) in [7, 11) is 0. The van der Waals surface area contributed by atoms with Crippen molar-refractivity contribution in [3.05, 3.63) is 39.9 Å². The van der Waals surface area contributed by atoms with Crippen LogP contribution < -0.4 is 5.32 Å². The highest BCUT2D eigenvalue weighted by atomic mass is 32.1. The van der Waals surface area contributed by atoms with Gasteiger partial charge < -0.3 is 10.1 Å². The number of thiazole rings is 1. The van der Waals surface area contributed by atoms with E-state index in [-0.39, 0.29) is 12.0 Å². The molecule has 0 aliphatic heterocycles. The molecule has 0 fully saturated rings. The van der Waals surface area contributed by atoms with Crippen molar-refractivity contribution in [3.8, 4) is 16.0 Å². The molecule has 2 heterocycles. The lowest BCUT2D eigenvalue weighted by molar-refractivity contribution is -0.149. The van der Waals surface area contributed by atoms with Gasteiger partial charge in [-0.25, -0.2) is 9.78 Å². The second-order valence-electron chi connectivity index (χ2n) is 7.98. The first-order valence-corrected chi connectivity index (χ1v) is 11.7. The number of nitrogens with zero attached hydrogens (tertiary/aromatic N) is 2. The molecule has 2 aromatic heterocycles. The molecule has 31 heavy (non-hydrogen) atoms. The van der Waals surface area contributed by atoms with E-state index in [9.17, 15) is 14.9 Å². The molecule has 3 aromatic rings. The van der Waals surface area contributed by atoms with E-state index in [1.165, 1.54) is 22.7 Å². The van der Waals surface area contributed by atoms with Crippen LogP contribution in [-0.4, -0.2) is 29.0 Å². The van der Waals surface area contributed by atoms with Crippen LogP contribution in [0.15, 0.2) is 18.2 Å². The molecule has 6 nitrogen and oxygen atoms in total. The Morgan fingerprint density at radius 1 is 1.13 bits per heavy atom. The summed E-state index contributed by atoms with van der Waals surface area (Å²) in [4.78, 5) is 30.7. The number of nitrogens with one attached hydrogen (secondary N) is 1. The number of carbonyl (C=O) groups excluding carboxylic acids is 2. The van der Waals surface area contributed by atoms with Gasteiger partial charge in [0.25, 0.3) is 5.91 Å². The lowest BCUT2D eigenvalue weighted by Crippen LogP contribution is -2.40. The Hall–Kier alpha value is -2.76. The number of ether oxygens (including phenoxy) is 1. The standard InChI is InChI=1S/C23H25N3O3S2/c1-11(2)15-7-16-9-18(30-20(16)17(8-15)10-24)22-26-13(5)19(31-22)21(27)25-14(6)23(28)29-12(3)4/h7-9,11-12,14H,1-6H3,(H,25,27)/t14-/m0/s1. The number of benzene rings is 1. The summed E-state index contributed by atoms with van der Waals surface area (Å²) < 4.78 is 6.07. The molecular weight excluding hydrogens is 430 g/mol. The number of aryl methyl sites for hydroxylation is 1. The Morgan fingerprint density at radius 3 is 2.45 bits per heavy atom. The average Bonchev–Trinajstić information content (AvgIpc) is 3.29. The number of carbonyl (C=O) groups is 2. The van der Waals surface area contributed by atoms with Crippen molar-refractivity contribution in [1.82, 2.24) is 10.3 Å². The molecule has 0 bridgehead atoms. The Labute approximate surface area is 189 Å². The molecule has 8 heteroatoms. The molecule has 1 aromatic carbocycles. The van der Waals surface area contributed by atoms with E-state index in [0.29, 0.717) is 22.1 Å². The lowest BCUT2D eigenvalue weighted by Gasteiger charge is -2.14. The topological polar surface area (TPSA) is 92.1 Å². The van der Waals surface area contributed by atoms with Crippen molar-refractivity contribution >= 4 is 44.6 Å². The van der Waals surface area contributed by atoms with Crippen LogP contribution in [-0.2, 0) is 9.53 Å². The summed E-state index contributed by atoms with van der Waals surface area (Å²) in [5, 5.41) is 14.0. The van der Waals surface area contributed by atoms with Crippen molar-refractivity contribution in [1.29, 1.82) is 5.26 Å². The Kier molecular flexibility index (Phi) is 6.77. The smallest absolute Gasteiger partial charge is 0.328 e. The van der Waals surface area contributed by atoms with Crippen molar-refractivity contribution < 1.29 is 14.3 Å². The summed E-state index contributed by atoms with van der Waals surface area (Å²) in [5.41, 5.74) is 2.37. The van der Waals surface area contributed by atoms with Gasteiger partial charge in [-0.05, 0) is 62.8 Å². The highest BCUT2D eigenvalue weighted by molar-refractivity contribution is 7.26. The number of amides is 1. The average molecular weight is 456 g/mol. The van der Waals surface area contributed by atoms with Gasteiger partial charge in [0.2, 0.25) is 0 Å².